The van der Waals surface area contributed by atoms with Gasteiger partial charge in [-0.15, -0.1) is 6.58 Å². The average Bonchev–Trinajstić information content (AvgIpc) is 2.55. The minimum absolute atomic E-state index is 0.0218. The highest BCUT2D eigenvalue weighted by atomic mass is 32.1. The summed E-state index contributed by atoms with van der Waals surface area (Å²) in [7, 11) is 1.42. The number of hydrogen-bond acceptors (Lipinski definition) is 5. The van der Waals surface area contributed by atoms with Gasteiger partial charge < -0.3 is 9.47 Å². The summed E-state index contributed by atoms with van der Waals surface area (Å²) in [5, 5.41) is 2.37. The topological polar surface area (TPSA) is 67.9 Å². The molecule has 1 aromatic rings. The number of carbonyl (C=O) groups is 2. The van der Waals surface area contributed by atoms with E-state index in [9.17, 15) is 14.0 Å². The van der Waals surface area contributed by atoms with E-state index in [1.807, 2.05) is 0 Å². The van der Waals surface area contributed by atoms with Gasteiger partial charge in [0.25, 0.3) is 11.8 Å². The molecule has 2 amide bonds. The number of hydrogen-bond donors (Lipinski definition) is 1. The Bertz CT molecular complexity index is 733. The number of benzene rings is 1. The lowest BCUT2D eigenvalue weighted by Crippen LogP contribution is -2.53. The average molecular weight is 350 g/mol. The first kappa shape index (κ1) is 17.8. The summed E-state index contributed by atoms with van der Waals surface area (Å²) in [5.74, 6) is -1.83. The molecule has 1 aromatic carbocycles. The number of nitrogens with one attached hydrogen (secondary N) is 1. The van der Waals surface area contributed by atoms with Crippen LogP contribution in [-0.4, -0.2) is 42.3 Å². The van der Waals surface area contributed by atoms with Crippen LogP contribution in [0.1, 0.15) is 5.56 Å². The molecule has 24 heavy (non-hydrogen) atoms. The van der Waals surface area contributed by atoms with Crippen molar-refractivity contribution in [1.29, 1.82) is 0 Å². The van der Waals surface area contributed by atoms with Gasteiger partial charge in [-0.25, -0.2) is 4.39 Å². The predicted molar refractivity (Wildman–Crippen MR) is 89.5 cm³/mol. The standard InChI is InChI=1S/C16H15FN2O4S/c1-3-7-19-15(21)11(14(20)18-16(19)24)8-10-12(17)5-4-6-13(10)23-9-22-2/h3-6,8H,1,7,9H2,2H3,(H,18,20,24). The van der Waals surface area contributed by atoms with Gasteiger partial charge in [-0.2, -0.15) is 0 Å². The summed E-state index contributed by atoms with van der Waals surface area (Å²) in [6, 6.07) is 4.15. The third-order valence-corrected chi connectivity index (χ3v) is 3.45. The lowest BCUT2D eigenvalue weighted by molar-refractivity contribution is -0.128. The number of ether oxygens (including phenoxy) is 2. The Labute approximate surface area is 143 Å². The van der Waals surface area contributed by atoms with E-state index in [4.69, 9.17) is 21.7 Å². The Kier molecular flexibility index (Phi) is 5.78. The number of carbonyl (C=O) groups excluding carboxylic acids is 2. The fourth-order valence-corrected chi connectivity index (χ4v) is 2.29. The van der Waals surface area contributed by atoms with Crippen LogP contribution in [0.15, 0.2) is 36.4 Å². The van der Waals surface area contributed by atoms with Crippen LogP contribution in [0, 0.1) is 5.82 Å². The molecule has 0 unspecified atom stereocenters. The summed E-state index contributed by atoms with van der Waals surface area (Å²) < 4.78 is 24.2. The molecule has 126 valence electrons. The maximum atomic E-state index is 14.1. The van der Waals surface area contributed by atoms with E-state index in [0.29, 0.717) is 0 Å². The molecule has 1 heterocycles. The van der Waals surface area contributed by atoms with Crippen molar-refractivity contribution in [1.82, 2.24) is 10.2 Å². The molecule has 1 saturated heterocycles. The van der Waals surface area contributed by atoms with Gasteiger partial charge in [0.15, 0.2) is 11.9 Å². The largest absolute Gasteiger partial charge is 0.467 e. The van der Waals surface area contributed by atoms with Gasteiger partial charge in [-0.05, 0) is 30.4 Å². The Balaban J connectivity index is 2.45. The van der Waals surface area contributed by atoms with Crippen molar-refractivity contribution < 1.29 is 23.5 Å². The highest BCUT2D eigenvalue weighted by Crippen LogP contribution is 2.26. The van der Waals surface area contributed by atoms with Gasteiger partial charge in [0, 0.05) is 13.7 Å². The zero-order valence-electron chi connectivity index (χ0n) is 12.9. The molecule has 0 aliphatic carbocycles. The molecule has 0 bridgehead atoms. The second-order valence-corrected chi connectivity index (χ2v) is 5.11. The number of halogens is 1. The third-order valence-electron chi connectivity index (χ3n) is 3.13. The quantitative estimate of drug-likeness (QED) is 0.278. The minimum Gasteiger partial charge on any atom is -0.467 e. The van der Waals surface area contributed by atoms with E-state index < -0.39 is 17.6 Å². The van der Waals surface area contributed by atoms with Crippen LogP contribution in [0.2, 0.25) is 0 Å². The monoisotopic (exact) mass is 350 g/mol. The van der Waals surface area contributed by atoms with Gasteiger partial charge in [0.1, 0.15) is 17.1 Å². The molecule has 1 aliphatic rings. The Morgan fingerprint density at radius 2 is 2.17 bits per heavy atom. The minimum atomic E-state index is -0.703. The molecular formula is C16H15FN2O4S. The van der Waals surface area contributed by atoms with E-state index >= 15 is 0 Å². The number of thiocarbonyl (C=S) groups is 1. The fraction of sp³-hybridized carbons (Fsp3) is 0.188. The molecule has 0 spiro atoms. The van der Waals surface area contributed by atoms with Crippen LogP contribution in [0.4, 0.5) is 4.39 Å². The second-order valence-electron chi connectivity index (χ2n) is 4.72. The van der Waals surface area contributed by atoms with E-state index in [0.717, 1.165) is 11.0 Å². The van der Waals surface area contributed by atoms with Crippen LogP contribution >= 0.6 is 12.2 Å². The lowest BCUT2D eigenvalue weighted by Gasteiger charge is -2.27. The molecule has 1 aliphatic heterocycles. The van der Waals surface area contributed by atoms with Crippen LogP contribution in [0.5, 0.6) is 5.75 Å². The normalized spacial score (nSPS) is 16.3. The van der Waals surface area contributed by atoms with Crippen LogP contribution in [0.3, 0.4) is 0 Å². The smallest absolute Gasteiger partial charge is 0.265 e. The molecule has 2 rings (SSSR count). The van der Waals surface area contributed by atoms with E-state index in [-0.39, 0.29) is 35.3 Å². The van der Waals surface area contributed by atoms with Gasteiger partial charge in [0.05, 0.1) is 5.56 Å². The van der Waals surface area contributed by atoms with Gasteiger partial charge >= 0.3 is 0 Å². The van der Waals surface area contributed by atoms with Crippen molar-refractivity contribution in [3.63, 3.8) is 0 Å². The maximum Gasteiger partial charge on any atom is 0.265 e. The summed E-state index contributed by atoms with van der Waals surface area (Å²) in [5.41, 5.74) is -0.280. The number of rotatable bonds is 6. The Morgan fingerprint density at radius 1 is 1.42 bits per heavy atom. The van der Waals surface area contributed by atoms with Crippen molar-refractivity contribution in [3.05, 3.63) is 47.8 Å². The Hall–Kier alpha value is -2.58. The first-order chi connectivity index (χ1) is 11.5. The first-order valence-electron chi connectivity index (χ1n) is 6.89. The summed E-state index contributed by atoms with van der Waals surface area (Å²) >= 11 is 4.96. The van der Waals surface area contributed by atoms with Crippen molar-refractivity contribution in [2.75, 3.05) is 20.4 Å². The van der Waals surface area contributed by atoms with Crippen molar-refractivity contribution in [3.8, 4) is 5.75 Å². The molecular weight excluding hydrogens is 335 g/mol. The molecule has 1 N–H and O–H groups in total. The third kappa shape index (κ3) is 3.66. The van der Waals surface area contributed by atoms with Crippen molar-refractivity contribution >= 4 is 35.2 Å². The molecule has 0 radical (unpaired) electrons. The van der Waals surface area contributed by atoms with Crippen LogP contribution in [-0.2, 0) is 14.3 Å². The maximum absolute atomic E-state index is 14.1. The summed E-state index contributed by atoms with van der Waals surface area (Å²) in [6.45, 7) is 3.55. The van der Waals surface area contributed by atoms with Gasteiger partial charge in [0.2, 0.25) is 0 Å². The van der Waals surface area contributed by atoms with Crippen LogP contribution < -0.4 is 10.1 Å². The van der Waals surface area contributed by atoms with E-state index in [2.05, 4.69) is 11.9 Å². The number of methoxy groups -OCH3 is 1. The van der Waals surface area contributed by atoms with E-state index in [1.165, 1.54) is 31.4 Å². The first-order valence-corrected chi connectivity index (χ1v) is 7.30. The Morgan fingerprint density at radius 3 is 2.83 bits per heavy atom. The SMILES string of the molecule is C=CCN1C(=O)C(=Cc2c(F)cccc2OCOC)C(=O)NC1=S. The lowest BCUT2D eigenvalue weighted by atomic mass is 10.1. The zero-order valence-corrected chi connectivity index (χ0v) is 13.7. The molecule has 6 nitrogen and oxygen atoms in total. The second kappa shape index (κ2) is 7.80. The summed E-state index contributed by atoms with van der Waals surface area (Å²) in [4.78, 5) is 25.7. The van der Waals surface area contributed by atoms with Gasteiger partial charge in [-0.1, -0.05) is 12.1 Å². The van der Waals surface area contributed by atoms with Crippen molar-refractivity contribution in [2.45, 2.75) is 0 Å². The van der Waals surface area contributed by atoms with Crippen LogP contribution in [0.25, 0.3) is 6.08 Å². The predicted octanol–water partition coefficient (Wildman–Crippen LogP) is 1.62. The zero-order chi connectivity index (χ0) is 17.7. The number of nitrogens with zero attached hydrogens (tertiary/aromatic N) is 1. The molecule has 0 saturated carbocycles. The number of amides is 2. The summed E-state index contributed by atoms with van der Waals surface area (Å²) in [6.07, 6.45) is 2.60. The molecule has 8 heteroatoms. The highest BCUT2D eigenvalue weighted by molar-refractivity contribution is 7.80. The van der Waals surface area contributed by atoms with E-state index in [1.54, 1.807) is 0 Å². The molecule has 0 aromatic heterocycles. The highest BCUT2D eigenvalue weighted by Gasteiger charge is 2.33. The fourth-order valence-electron chi connectivity index (χ4n) is 2.04. The molecule has 1 fully saturated rings. The molecule has 0 atom stereocenters. The van der Waals surface area contributed by atoms with Gasteiger partial charge in [-0.3, -0.25) is 19.8 Å². The van der Waals surface area contributed by atoms with Crippen molar-refractivity contribution in [2.24, 2.45) is 0 Å².